The van der Waals surface area contributed by atoms with Crippen molar-refractivity contribution in [1.29, 1.82) is 0 Å². The van der Waals surface area contributed by atoms with Gasteiger partial charge < -0.3 is 4.57 Å². The van der Waals surface area contributed by atoms with Gasteiger partial charge in [-0.3, -0.25) is 4.79 Å². The lowest BCUT2D eigenvalue weighted by Crippen LogP contribution is -2.16. The Kier molecular flexibility index (Phi) is 2.33. The van der Waals surface area contributed by atoms with Crippen molar-refractivity contribution in [3.8, 4) is 0 Å². The first-order chi connectivity index (χ1) is 6.61. The third kappa shape index (κ3) is 1.35. The molecule has 2 aromatic heterocycles. The number of pyridine rings is 2. The molecule has 0 fully saturated rings. The second-order valence-electron chi connectivity index (χ2n) is 2.92. The summed E-state index contributed by atoms with van der Waals surface area (Å²) in [6, 6.07) is 1.83. The minimum Gasteiger partial charge on any atom is -0.318 e. The molecule has 0 aliphatic heterocycles. The molecular formula is C9H6BrClN2O. The number of aryl methyl sites for hydroxylation is 1. The maximum atomic E-state index is 11.7. The predicted molar refractivity (Wildman–Crippen MR) is 59.7 cm³/mol. The SMILES string of the molecule is Cn1ccc2c(Br)cnc(Cl)c2c1=O. The van der Waals surface area contributed by atoms with E-state index in [0.29, 0.717) is 5.39 Å². The highest BCUT2D eigenvalue weighted by molar-refractivity contribution is 9.10. The van der Waals surface area contributed by atoms with E-state index in [4.69, 9.17) is 11.6 Å². The molecule has 2 heterocycles. The maximum Gasteiger partial charge on any atom is 0.261 e. The van der Waals surface area contributed by atoms with Gasteiger partial charge in [-0.25, -0.2) is 4.98 Å². The summed E-state index contributed by atoms with van der Waals surface area (Å²) in [7, 11) is 1.68. The molecular weight excluding hydrogens is 267 g/mol. The van der Waals surface area contributed by atoms with Crippen molar-refractivity contribution in [2.45, 2.75) is 0 Å². The van der Waals surface area contributed by atoms with E-state index in [0.717, 1.165) is 9.86 Å². The van der Waals surface area contributed by atoms with Gasteiger partial charge in [0.2, 0.25) is 0 Å². The molecule has 14 heavy (non-hydrogen) atoms. The molecule has 2 rings (SSSR count). The van der Waals surface area contributed by atoms with Crippen LogP contribution in [-0.2, 0) is 7.05 Å². The summed E-state index contributed by atoms with van der Waals surface area (Å²) >= 11 is 9.18. The van der Waals surface area contributed by atoms with E-state index in [1.54, 1.807) is 19.4 Å². The Bertz CT molecular complexity index is 564. The number of fused-ring (bicyclic) bond motifs is 1. The summed E-state index contributed by atoms with van der Waals surface area (Å²) in [5, 5.41) is 1.48. The Hall–Kier alpha value is -0.870. The van der Waals surface area contributed by atoms with Crippen LogP contribution in [0.2, 0.25) is 5.15 Å². The molecule has 0 unspecified atom stereocenters. The van der Waals surface area contributed by atoms with Crippen LogP contribution in [0.5, 0.6) is 0 Å². The molecule has 0 atom stereocenters. The van der Waals surface area contributed by atoms with Gasteiger partial charge in [-0.1, -0.05) is 11.6 Å². The Morgan fingerprint density at radius 1 is 1.57 bits per heavy atom. The highest BCUT2D eigenvalue weighted by Gasteiger charge is 2.08. The Morgan fingerprint density at radius 2 is 2.29 bits per heavy atom. The third-order valence-corrected chi connectivity index (χ3v) is 2.94. The number of aromatic nitrogens is 2. The normalized spacial score (nSPS) is 10.8. The number of nitrogens with zero attached hydrogens (tertiary/aromatic N) is 2. The highest BCUT2D eigenvalue weighted by Crippen LogP contribution is 2.24. The lowest BCUT2D eigenvalue weighted by Gasteiger charge is -2.03. The maximum absolute atomic E-state index is 11.7. The molecule has 0 radical (unpaired) electrons. The molecule has 72 valence electrons. The van der Waals surface area contributed by atoms with Gasteiger partial charge in [-0.05, 0) is 22.0 Å². The van der Waals surface area contributed by atoms with Gasteiger partial charge in [-0.15, -0.1) is 0 Å². The second kappa shape index (κ2) is 3.37. The molecule has 0 N–H and O–H groups in total. The zero-order chi connectivity index (χ0) is 10.3. The molecule has 3 nitrogen and oxygen atoms in total. The first-order valence-electron chi connectivity index (χ1n) is 3.90. The van der Waals surface area contributed by atoms with E-state index >= 15 is 0 Å². The number of hydrogen-bond donors (Lipinski definition) is 0. The predicted octanol–water partition coefficient (Wildman–Crippen LogP) is 2.35. The van der Waals surface area contributed by atoms with Gasteiger partial charge in [0.15, 0.2) is 0 Å². The van der Waals surface area contributed by atoms with Gasteiger partial charge in [0.25, 0.3) is 5.56 Å². The number of halogens is 2. The van der Waals surface area contributed by atoms with Crippen LogP contribution in [0, 0.1) is 0 Å². The molecule has 5 heteroatoms. The van der Waals surface area contributed by atoms with E-state index in [1.807, 2.05) is 6.07 Å². The Morgan fingerprint density at radius 3 is 3.00 bits per heavy atom. The first-order valence-corrected chi connectivity index (χ1v) is 5.07. The van der Waals surface area contributed by atoms with Gasteiger partial charge >= 0.3 is 0 Å². The van der Waals surface area contributed by atoms with Crippen molar-refractivity contribution in [3.05, 3.63) is 38.4 Å². The molecule has 2 aromatic rings. The summed E-state index contributed by atoms with van der Waals surface area (Å²) in [5.41, 5.74) is -0.138. The van der Waals surface area contributed by atoms with Crippen molar-refractivity contribution in [3.63, 3.8) is 0 Å². The van der Waals surface area contributed by atoms with E-state index in [1.165, 1.54) is 4.57 Å². The fourth-order valence-electron chi connectivity index (χ4n) is 1.27. The summed E-state index contributed by atoms with van der Waals surface area (Å²) in [5.74, 6) is 0. The molecule has 0 aliphatic carbocycles. The zero-order valence-corrected chi connectivity index (χ0v) is 9.63. The van der Waals surface area contributed by atoms with Crippen LogP contribution in [0.25, 0.3) is 10.8 Å². The zero-order valence-electron chi connectivity index (χ0n) is 7.29. The minimum absolute atomic E-state index is 0.138. The monoisotopic (exact) mass is 272 g/mol. The standard InChI is InChI=1S/C9H6BrClN2O/c1-13-3-2-5-6(10)4-12-8(11)7(5)9(13)14/h2-4H,1H3. The summed E-state index contributed by atoms with van der Waals surface area (Å²) in [6.45, 7) is 0. The lowest BCUT2D eigenvalue weighted by atomic mass is 10.2. The quantitative estimate of drug-likeness (QED) is 0.691. The van der Waals surface area contributed by atoms with E-state index in [9.17, 15) is 4.79 Å². The lowest BCUT2D eigenvalue weighted by molar-refractivity contribution is 0.872. The van der Waals surface area contributed by atoms with Crippen LogP contribution in [0.3, 0.4) is 0 Å². The third-order valence-electron chi connectivity index (χ3n) is 2.02. The van der Waals surface area contributed by atoms with Gasteiger partial charge in [0.05, 0.1) is 5.39 Å². The van der Waals surface area contributed by atoms with Crippen LogP contribution in [-0.4, -0.2) is 9.55 Å². The Balaban J connectivity index is 3.09. The second-order valence-corrected chi connectivity index (χ2v) is 4.13. The topological polar surface area (TPSA) is 34.9 Å². The summed E-state index contributed by atoms with van der Waals surface area (Å²) in [4.78, 5) is 15.6. The van der Waals surface area contributed by atoms with Crippen molar-refractivity contribution in [1.82, 2.24) is 9.55 Å². The molecule has 0 aliphatic rings. The average Bonchev–Trinajstić information content (AvgIpc) is 2.16. The van der Waals surface area contributed by atoms with Crippen LogP contribution in [0.1, 0.15) is 0 Å². The van der Waals surface area contributed by atoms with Crippen LogP contribution < -0.4 is 5.56 Å². The van der Waals surface area contributed by atoms with Crippen LogP contribution >= 0.6 is 27.5 Å². The average molecular weight is 274 g/mol. The largest absolute Gasteiger partial charge is 0.318 e. The van der Waals surface area contributed by atoms with Crippen molar-refractivity contribution < 1.29 is 0 Å². The van der Waals surface area contributed by atoms with E-state index < -0.39 is 0 Å². The molecule has 0 bridgehead atoms. The first kappa shape index (κ1) is 9.68. The number of hydrogen-bond acceptors (Lipinski definition) is 2. The minimum atomic E-state index is -0.138. The molecule has 0 spiro atoms. The highest BCUT2D eigenvalue weighted by atomic mass is 79.9. The fraction of sp³-hybridized carbons (Fsp3) is 0.111. The van der Waals surface area contributed by atoms with Crippen LogP contribution in [0.15, 0.2) is 27.7 Å². The van der Waals surface area contributed by atoms with E-state index in [2.05, 4.69) is 20.9 Å². The van der Waals surface area contributed by atoms with Crippen molar-refractivity contribution >= 4 is 38.3 Å². The van der Waals surface area contributed by atoms with E-state index in [-0.39, 0.29) is 10.7 Å². The van der Waals surface area contributed by atoms with Gasteiger partial charge in [-0.2, -0.15) is 0 Å². The van der Waals surface area contributed by atoms with Crippen molar-refractivity contribution in [2.75, 3.05) is 0 Å². The van der Waals surface area contributed by atoms with Gasteiger partial charge in [0, 0.05) is 29.3 Å². The smallest absolute Gasteiger partial charge is 0.261 e. The molecule has 0 saturated carbocycles. The molecule has 0 aromatic carbocycles. The van der Waals surface area contributed by atoms with Crippen LogP contribution in [0.4, 0.5) is 0 Å². The molecule has 0 saturated heterocycles. The molecule has 0 amide bonds. The fourth-order valence-corrected chi connectivity index (χ4v) is 1.94. The van der Waals surface area contributed by atoms with Gasteiger partial charge in [0.1, 0.15) is 5.15 Å². The van der Waals surface area contributed by atoms with Crippen molar-refractivity contribution in [2.24, 2.45) is 7.05 Å². The number of rotatable bonds is 0. The summed E-state index contributed by atoms with van der Waals surface area (Å²) < 4.78 is 2.25. The summed E-state index contributed by atoms with van der Waals surface area (Å²) in [6.07, 6.45) is 3.29. The Labute approximate surface area is 93.5 Å².